The van der Waals surface area contributed by atoms with Crippen LogP contribution in [0.5, 0.6) is 0 Å². The summed E-state index contributed by atoms with van der Waals surface area (Å²) in [5.41, 5.74) is 0. The Balaban J connectivity index is 1.44. The molecule has 2 N–H and O–H groups in total. The molecule has 3 aliphatic heterocycles. The first kappa shape index (κ1) is 11.0. The van der Waals surface area contributed by atoms with Gasteiger partial charge in [-0.05, 0) is 64.2 Å². The molecule has 3 atom stereocenters. The van der Waals surface area contributed by atoms with Gasteiger partial charge in [0.1, 0.15) is 0 Å². The third-order valence-electron chi connectivity index (χ3n) is 4.67. The van der Waals surface area contributed by atoms with E-state index in [-0.39, 0.29) is 0 Å². The van der Waals surface area contributed by atoms with Gasteiger partial charge < -0.3 is 10.6 Å². The predicted octanol–water partition coefficient (Wildman–Crippen LogP) is 0.812. The molecule has 0 radical (unpaired) electrons. The molecule has 16 heavy (non-hydrogen) atoms. The van der Waals surface area contributed by atoms with Crippen molar-refractivity contribution in [2.45, 2.75) is 44.2 Å². The molecule has 3 heterocycles. The SMILES string of the molecule is C1CNCC(CNC2CCN3CCCC23)C1. The number of hydrogen-bond donors (Lipinski definition) is 2. The number of piperidine rings is 1. The third kappa shape index (κ3) is 2.27. The normalized spacial score (nSPS) is 40.1. The van der Waals surface area contributed by atoms with E-state index in [2.05, 4.69) is 15.5 Å². The average molecular weight is 223 g/mol. The van der Waals surface area contributed by atoms with Gasteiger partial charge >= 0.3 is 0 Å². The first-order chi connectivity index (χ1) is 7.93. The van der Waals surface area contributed by atoms with Gasteiger partial charge in [0, 0.05) is 18.6 Å². The lowest BCUT2D eigenvalue weighted by atomic mass is 9.98. The average Bonchev–Trinajstić information content (AvgIpc) is 2.90. The van der Waals surface area contributed by atoms with Crippen molar-refractivity contribution in [3.8, 4) is 0 Å². The summed E-state index contributed by atoms with van der Waals surface area (Å²) in [6.45, 7) is 6.39. The molecule has 3 rings (SSSR count). The minimum absolute atomic E-state index is 0.796. The molecule has 3 saturated heterocycles. The Morgan fingerprint density at radius 3 is 3.00 bits per heavy atom. The van der Waals surface area contributed by atoms with Crippen LogP contribution in [-0.2, 0) is 0 Å². The number of hydrogen-bond acceptors (Lipinski definition) is 3. The second-order valence-corrected chi connectivity index (χ2v) is 5.76. The van der Waals surface area contributed by atoms with E-state index in [0.717, 1.165) is 18.0 Å². The van der Waals surface area contributed by atoms with Crippen LogP contribution in [0, 0.1) is 5.92 Å². The zero-order valence-corrected chi connectivity index (χ0v) is 10.3. The molecule has 0 aromatic carbocycles. The maximum Gasteiger partial charge on any atom is 0.0250 e. The van der Waals surface area contributed by atoms with Crippen LogP contribution >= 0.6 is 0 Å². The Kier molecular flexibility index (Phi) is 3.46. The van der Waals surface area contributed by atoms with E-state index in [9.17, 15) is 0 Å². The monoisotopic (exact) mass is 223 g/mol. The molecule has 0 bridgehead atoms. The smallest absolute Gasteiger partial charge is 0.0250 e. The molecule has 0 spiro atoms. The summed E-state index contributed by atoms with van der Waals surface area (Å²) in [6, 6.07) is 1.67. The van der Waals surface area contributed by atoms with Crippen molar-refractivity contribution in [2.24, 2.45) is 5.92 Å². The summed E-state index contributed by atoms with van der Waals surface area (Å²) < 4.78 is 0. The highest BCUT2D eigenvalue weighted by Crippen LogP contribution is 2.28. The molecule has 92 valence electrons. The molecule has 0 amide bonds. The van der Waals surface area contributed by atoms with Crippen LogP contribution in [0.4, 0.5) is 0 Å². The molecule has 3 nitrogen and oxygen atoms in total. The third-order valence-corrected chi connectivity index (χ3v) is 4.67. The highest BCUT2D eigenvalue weighted by Gasteiger charge is 2.36. The van der Waals surface area contributed by atoms with E-state index in [1.165, 1.54) is 64.8 Å². The van der Waals surface area contributed by atoms with Crippen molar-refractivity contribution in [2.75, 3.05) is 32.7 Å². The molecular weight excluding hydrogens is 198 g/mol. The van der Waals surface area contributed by atoms with E-state index in [0.29, 0.717) is 0 Å². The van der Waals surface area contributed by atoms with E-state index in [4.69, 9.17) is 0 Å². The zero-order chi connectivity index (χ0) is 10.8. The van der Waals surface area contributed by atoms with Crippen LogP contribution in [0.3, 0.4) is 0 Å². The van der Waals surface area contributed by atoms with Crippen LogP contribution in [0.2, 0.25) is 0 Å². The maximum absolute atomic E-state index is 3.84. The lowest BCUT2D eigenvalue weighted by molar-refractivity contribution is 0.283. The lowest BCUT2D eigenvalue weighted by Gasteiger charge is -2.27. The van der Waals surface area contributed by atoms with Gasteiger partial charge in [0.05, 0.1) is 0 Å². The van der Waals surface area contributed by atoms with Crippen LogP contribution in [0.15, 0.2) is 0 Å². The molecule has 3 heteroatoms. The Labute approximate surface area is 99.0 Å². The standard InChI is InChI=1S/C13H25N3/c1-3-11(9-14-6-1)10-15-12-5-8-16-7-2-4-13(12)16/h11-15H,1-10H2. The number of rotatable bonds is 3. The second kappa shape index (κ2) is 5.03. The topological polar surface area (TPSA) is 27.3 Å². The molecular formula is C13H25N3. The van der Waals surface area contributed by atoms with Gasteiger partial charge in [0.2, 0.25) is 0 Å². The lowest BCUT2D eigenvalue weighted by Crippen LogP contribution is -2.44. The van der Waals surface area contributed by atoms with Gasteiger partial charge in [0.15, 0.2) is 0 Å². The minimum Gasteiger partial charge on any atom is -0.316 e. The number of nitrogens with zero attached hydrogens (tertiary/aromatic N) is 1. The Hall–Kier alpha value is -0.120. The van der Waals surface area contributed by atoms with Crippen molar-refractivity contribution in [3.63, 3.8) is 0 Å². The maximum atomic E-state index is 3.84. The molecule has 3 fully saturated rings. The van der Waals surface area contributed by atoms with Gasteiger partial charge in [-0.2, -0.15) is 0 Å². The second-order valence-electron chi connectivity index (χ2n) is 5.76. The highest BCUT2D eigenvalue weighted by molar-refractivity contribution is 4.95. The van der Waals surface area contributed by atoms with Crippen molar-refractivity contribution < 1.29 is 0 Å². The first-order valence-corrected chi connectivity index (χ1v) is 7.11. The van der Waals surface area contributed by atoms with Gasteiger partial charge in [-0.15, -0.1) is 0 Å². The van der Waals surface area contributed by atoms with Crippen LogP contribution < -0.4 is 10.6 Å². The summed E-state index contributed by atoms with van der Waals surface area (Å²) >= 11 is 0. The Morgan fingerprint density at radius 1 is 1.12 bits per heavy atom. The van der Waals surface area contributed by atoms with E-state index in [1.807, 2.05) is 0 Å². The molecule has 0 saturated carbocycles. The van der Waals surface area contributed by atoms with Gasteiger partial charge in [0.25, 0.3) is 0 Å². The predicted molar refractivity (Wildman–Crippen MR) is 66.6 cm³/mol. The van der Waals surface area contributed by atoms with Crippen molar-refractivity contribution in [3.05, 3.63) is 0 Å². The fourth-order valence-electron chi connectivity index (χ4n) is 3.74. The van der Waals surface area contributed by atoms with Crippen LogP contribution in [-0.4, -0.2) is 49.7 Å². The molecule has 3 unspecified atom stereocenters. The fourth-order valence-corrected chi connectivity index (χ4v) is 3.74. The summed E-state index contributed by atoms with van der Waals surface area (Å²) in [4.78, 5) is 2.69. The molecule has 0 aromatic heterocycles. The summed E-state index contributed by atoms with van der Waals surface area (Å²) in [7, 11) is 0. The Morgan fingerprint density at radius 2 is 2.12 bits per heavy atom. The van der Waals surface area contributed by atoms with Crippen LogP contribution in [0.25, 0.3) is 0 Å². The van der Waals surface area contributed by atoms with Crippen LogP contribution in [0.1, 0.15) is 32.1 Å². The summed E-state index contributed by atoms with van der Waals surface area (Å²) in [6.07, 6.45) is 7.02. The largest absolute Gasteiger partial charge is 0.316 e. The first-order valence-electron chi connectivity index (χ1n) is 7.11. The molecule has 0 aromatic rings. The quantitative estimate of drug-likeness (QED) is 0.741. The van der Waals surface area contributed by atoms with Gasteiger partial charge in [-0.3, -0.25) is 4.90 Å². The van der Waals surface area contributed by atoms with Gasteiger partial charge in [-0.1, -0.05) is 0 Å². The van der Waals surface area contributed by atoms with Gasteiger partial charge in [-0.25, -0.2) is 0 Å². The summed E-state index contributed by atoms with van der Waals surface area (Å²) in [5.74, 6) is 0.879. The minimum atomic E-state index is 0.796. The van der Waals surface area contributed by atoms with Crippen molar-refractivity contribution >= 4 is 0 Å². The number of fused-ring (bicyclic) bond motifs is 1. The zero-order valence-electron chi connectivity index (χ0n) is 10.3. The molecule has 0 aliphatic carbocycles. The molecule has 3 aliphatic rings. The Bertz CT molecular complexity index is 225. The number of nitrogens with one attached hydrogen (secondary N) is 2. The van der Waals surface area contributed by atoms with E-state index >= 15 is 0 Å². The van der Waals surface area contributed by atoms with Crippen molar-refractivity contribution in [1.82, 2.24) is 15.5 Å². The highest BCUT2D eigenvalue weighted by atomic mass is 15.2. The van der Waals surface area contributed by atoms with Crippen molar-refractivity contribution in [1.29, 1.82) is 0 Å². The fraction of sp³-hybridized carbons (Fsp3) is 1.00. The van der Waals surface area contributed by atoms with E-state index < -0.39 is 0 Å². The summed E-state index contributed by atoms with van der Waals surface area (Å²) in [5, 5.41) is 7.35. The van der Waals surface area contributed by atoms with E-state index in [1.54, 1.807) is 0 Å².